The molecule has 0 aliphatic carbocycles. The monoisotopic (exact) mass is 358 g/mol. The molecule has 0 fully saturated rings. The molecule has 0 saturated heterocycles. The van der Waals surface area contributed by atoms with Gasteiger partial charge in [-0.05, 0) is 92.9 Å². The quantitative estimate of drug-likeness (QED) is 0.332. The third-order valence-electron chi connectivity index (χ3n) is 4.63. The van der Waals surface area contributed by atoms with Crippen molar-refractivity contribution in [1.82, 2.24) is 0 Å². The van der Waals surface area contributed by atoms with Crippen LogP contribution >= 0.6 is 0 Å². The van der Waals surface area contributed by atoms with Gasteiger partial charge in [-0.3, -0.25) is 0 Å². The number of aliphatic hydroxyl groups excluding tert-OH is 1. The topological polar surface area (TPSA) is 20.2 Å². The van der Waals surface area contributed by atoms with Gasteiger partial charge < -0.3 is 5.11 Å². The van der Waals surface area contributed by atoms with Crippen LogP contribution in [0, 0.1) is 0 Å². The standard InChI is InChI=1S/C25H42O/c1-21(2)11-7-12-22(3)13-8-14-23(4)15-9-16-24(5)17-10-18-25(6)19-20-26/h11,13,15,17,19,26H,7-10,12,14,16,18,20H2,1-6H3/b22-13-,23-15-,24-17-,25-19-. The highest BCUT2D eigenvalue weighted by atomic mass is 16.2. The van der Waals surface area contributed by atoms with Crippen molar-refractivity contribution < 1.29 is 5.11 Å². The van der Waals surface area contributed by atoms with Gasteiger partial charge in [0.25, 0.3) is 0 Å². The maximum absolute atomic E-state index is 8.86. The molecule has 26 heavy (non-hydrogen) atoms. The molecule has 1 nitrogen and oxygen atoms in total. The highest BCUT2D eigenvalue weighted by Gasteiger charge is 1.94. The van der Waals surface area contributed by atoms with Crippen molar-refractivity contribution >= 4 is 0 Å². The molecule has 0 spiro atoms. The predicted molar refractivity (Wildman–Crippen MR) is 118 cm³/mol. The van der Waals surface area contributed by atoms with E-state index >= 15 is 0 Å². The fourth-order valence-corrected chi connectivity index (χ4v) is 2.79. The molecule has 0 unspecified atom stereocenters. The lowest BCUT2D eigenvalue weighted by molar-refractivity contribution is 0.341. The highest BCUT2D eigenvalue weighted by Crippen LogP contribution is 2.14. The Morgan fingerprint density at radius 2 is 0.808 bits per heavy atom. The minimum absolute atomic E-state index is 0.156. The summed E-state index contributed by atoms with van der Waals surface area (Å²) in [6.45, 7) is 13.3. The Kier molecular flexibility index (Phi) is 15.1. The first-order valence-electron chi connectivity index (χ1n) is 10.2. The Hall–Kier alpha value is -1.34. The molecule has 0 saturated carbocycles. The van der Waals surface area contributed by atoms with E-state index < -0.39 is 0 Å². The molecule has 0 aromatic rings. The van der Waals surface area contributed by atoms with Crippen molar-refractivity contribution in [2.45, 2.75) is 92.9 Å². The lowest BCUT2D eigenvalue weighted by atomic mass is 10.0. The maximum atomic E-state index is 8.86. The summed E-state index contributed by atoms with van der Waals surface area (Å²) in [6, 6.07) is 0. The minimum atomic E-state index is 0.156. The Labute approximate surface area is 163 Å². The first-order valence-corrected chi connectivity index (χ1v) is 10.2. The molecular formula is C25H42O. The predicted octanol–water partition coefficient (Wildman–Crippen LogP) is 7.85. The summed E-state index contributed by atoms with van der Waals surface area (Å²) in [5.41, 5.74) is 7.18. The molecule has 0 aromatic heterocycles. The second-order valence-corrected chi connectivity index (χ2v) is 7.82. The number of aliphatic hydroxyl groups is 1. The lowest BCUT2D eigenvalue weighted by Crippen LogP contribution is -1.83. The van der Waals surface area contributed by atoms with Gasteiger partial charge in [-0.1, -0.05) is 58.2 Å². The van der Waals surface area contributed by atoms with Crippen molar-refractivity contribution in [2.75, 3.05) is 6.61 Å². The van der Waals surface area contributed by atoms with Gasteiger partial charge in [-0.15, -0.1) is 0 Å². The summed E-state index contributed by atoms with van der Waals surface area (Å²) in [4.78, 5) is 0. The molecule has 0 rings (SSSR count). The third kappa shape index (κ3) is 16.1. The molecule has 0 aromatic carbocycles. The fourth-order valence-electron chi connectivity index (χ4n) is 2.79. The first-order chi connectivity index (χ1) is 12.3. The summed E-state index contributed by atoms with van der Waals surface area (Å²) in [5, 5.41) is 8.86. The van der Waals surface area contributed by atoms with Crippen LogP contribution in [0.1, 0.15) is 92.9 Å². The molecule has 148 valence electrons. The van der Waals surface area contributed by atoms with Crippen LogP contribution in [-0.2, 0) is 0 Å². The second kappa shape index (κ2) is 15.9. The Balaban J connectivity index is 4.03. The minimum Gasteiger partial charge on any atom is -0.392 e. The van der Waals surface area contributed by atoms with Crippen LogP contribution < -0.4 is 0 Å². The van der Waals surface area contributed by atoms with E-state index in [2.05, 4.69) is 65.8 Å². The van der Waals surface area contributed by atoms with Gasteiger partial charge in [0.15, 0.2) is 0 Å². The zero-order chi connectivity index (χ0) is 19.8. The van der Waals surface area contributed by atoms with Gasteiger partial charge in [0.1, 0.15) is 0 Å². The van der Waals surface area contributed by atoms with Crippen LogP contribution in [-0.4, -0.2) is 11.7 Å². The Morgan fingerprint density at radius 1 is 0.500 bits per heavy atom. The van der Waals surface area contributed by atoms with Gasteiger partial charge in [0.05, 0.1) is 6.61 Å². The normalized spacial score (nSPS) is 14.0. The Bertz CT molecular complexity index is 522. The number of allylic oxidation sites excluding steroid dienone is 9. The summed E-state index contributed by atoms with van der Waals surface area (Å²) in [6.07, 6.45) is 20.5. The van der Waals surface area contributed by atoms with Crippen LogP contribution in [0.4, 0.5) is 0 Å². The summed E-state index contributed by atoms with van der Waals surface area (Å²) in [5.74, 6) is 0. The van der Waals surface area contributed by atoms with Crippen molar-refractivity contribution in [3.63, 3.8) is 0 Å². The SMILES string of the molecule is CC(C)=CCC/C(C)=C\CC/C(C)=C\CC/C(C)=C\CC/C(C)=C\CO. The van der Waals surface area contributed by atoms with E-state index in [4.69, 9.17) is 5.11 Å². The van der Waals surface area contributed by atoms with Crippen LogP contribution in [0.3, 0.4) is 0 Å². The summed E-state index contributed by atoms with van der Waals surface area (Å²) < 4.78 is 0. The smallest absolute Gasteiger partial charge is 0.0614 e. The van der Waals surface area contributed by atoms with Gasteiger partial charge in [-0.2, -0.15) is 0 Å². The molecule has 0 radical (unpaired) electrons. The van der Waals surface area contributed by atoms with E-state index in [0.29, 0.717) is 0 Å². The zero-order valence-corrected chi connectivity index (χ0v) is 18.2. The van der Waals surface area contributed by atoms with Crippen LogP contribution in [0.2, 0.25) is 0 Å². The largest absolute Gasteiger partial charge is 0.392 e. The van der Waals surface area contributed by atoms with Crippen LogP contribution in [0.25, 0.3) is 0 Å². The molecular weight excluding hydrogens is 316 g/mol. The Morgan fingerprint density at radius 3 is 1.12 bits per heavy atom. The summed E-state index contributed by atoms with van der Waals surface area (Å²) >= 11 is 0. The van der Waals surface area contributed by atoms with E-state index in [1.807, 2.05) is 6.08 Å². The molecule has 1 N–H and O–H groups in total. The molecule has 0 amide bonds. The maximum Gasteiger partial charge on any atom is 0.0614 e. The molecule has 0 bridgehead atoms. The molecule has 0 atom stereocenters. The highest BCUT2D eigenvalue weighted by molar-refractivity contribution is 5.08. The van der Waals surface area contributed by atoms with Crippen molar-refractivity contribution in [2.24, 2.45) is 0 Å². The molecule has 0 heterocycles. The number of rotatable bonds is 13. The van der Waals surface area contributed by atoms with Gasteiger partial charge in [0, 0.05) is 0 Å². The van der Waals surface area contributed by atoms with Gasteiger partial charge in [-0.25, -0.2) is 0 Å². The average Bonchev–Trinajstić information content (AvgIpc) is 2.54. The van der Waals surface area contributed by atoms with Gasteiger partial charge in [0.2, 0.25) is 0 Å². The second-order valence-electron chi connectivity index (χ2n) is 7.82. The summed E-state index contributed by atoms with van der Waals surface area (Å²) in [7, 11) is 0. The van der Waals surface area contributed by atoms with Gasteiger partial charge >= 0.3 is 0 Å². The first kappa shape index (κ1) is 24.7. The molecule has 0 aliphatic heterocycles. The van der Waals surface area contributed by atoms with E-state index in [0.717, 1.165) is 32.1 Å². The number of hydrogen-bond donors (Lipinski definition) is 1. The molecule has 0 aliphatic rings. The number of hydrogen-bond acceptors (Lipinski definition) is 1. The van der Waals surface area contributed by atoms with E-state index in [1.165, 1.54) is 47.1 Å². The van der Waals surface area contributed by atoms with Crippen LogP contribution in [0.15, 0.2) is 58.2 Å². The van der Waals surface area contributed by atoms with Crippen LogP contribution in [0.5, 0.6) is 0 Å². The fraction of sp³-hybridized carbons (Fsp3) is 0.600. The van der Waals surface area contributed by atoms with E-state index in [-0.39, 0.29) is 6.61 Å². The average molecular weight is 359 g/mol. The third-order valence-corrected chi connectivity index (χ3v) is 4.63. The van der Waals surface area contributed by atoms with Crippen molar-refractivity contribution in [3.05, 3.63) is 58.2 Å². The van der Waals surface area contributed by atoms with E-state index in [1.54, 1.807) is 0 Å². The zero-order valence-electron chi connectivity index (χ0n) is 18.2. The van der Waals surface area contributed by atoms with Crippen molar-refractivity contribution in [3.8, 4) is 0 Å². The molecule has 1 heteroatoms. The van der Waals surface area contributed by atoms with Crippen molar-refractivity contribution in [1.29, 1.82) is 0 Å². The lowest BCUT2D eigenvalue weighted by Gasteiger charge is -2.03. The van der Waals surface area contributed by atoms with E-state index in [9.17, 15) is 0 Å².